The molecule has 3 rings (SSSR count). The lowest BCUT2D eigenvalue weighted by atomic mass is 10.1. The van der Waals surface area contributed by atoms with Crippen molar-refractivity contribution in [2.75, 3.05) is 20.3 Å². The van der Waals surface area contributed by atoms with Crippen molar-refractivity contribution in [3.8, 4) is 17.7 Å². The lowest BCUT2D eigenvalue weighted by Crippen LogP contribution is -2.28. The zero-order valence-electron chi connectivity index (χ0n) is 16.0. The molecule has 2 aromatic heterocycles. The van der Waals surface area contributed by atoms with Crippen LogP contribution in [0.15, 0.2) is 59.0 Å². The molecule has 0 aliphatic heterocycles. The van der Waals surface area contributed by atoms with E-state index >= 15 is 0 Å². The van der Waals surface area contributed by atoms with Gasteiger partial charge in [0.2, 0.25) is 5.88 Å². The topological polar surface area (TPSA) is 106 Å². The summed E-state index contributed by atoms with van der Waals surface area (Å²) in [5.74, 6) is -1.72. The molecule has 1 N–H and O–H groups in total. The molecule has 9 heteroatoms. The molecule has 0 aliphatic carbocycles. The molecule has 1 aromatic carbocycles. The van der Waals surface area contributed by atoms with Gasteiger partial charge in [-0.3, -0.25) is 14.0 Å². The number of aromatic nitrogens is 2. The maximum Gasteiger partial charge on any atom is 0.269 e. The van der Waals surface area contributed by atoms with E-state index in [1.165, 1.54) is 35.9 Å². The number of nitriles is 1. The van der Waals surface area contributed by atoms with Gasteiger partial charge in [-0.1, -0.05) is 18.2 Å². The van der Waals surface area contributed by atoms with E-state index in [1.54, 1.807) is 30.3 Å². The highest BCUT2D eigenvalue weighted by atomic mass is 19.1. The van der Waals surface area contributed by atoms with Crippen LogP contribution in [0.3, 0.4) is 0 Å². The Morgan fingerprint density at radius 1 is 1.30 bits per heavy atom. The van der Waals surface area contributed by atoms with Crippen LogP contribution < -0.4 is 15.6 Å². The second-order valence-corrected chi connectivity index (χ2v) is 6.02. The largest absolute Gasteiger partial charge is 0.435 e. The monoisotopic (exact) mass is 408 g/mol. The zero-order valence-corrected chi connectivity index (χ0v) is 16.0. The van der Waals surface area contributed by atoms with Crippen molar-refractivity contribution in [3.63, 3.8) is 0 Å². The van der Waals surface area contributed by atoms with Crippen molar-refractivity contribution in [1.29, 1.82) is 5.26 Å². The number of nitrogens with one attached hydrogen (secondary N) is 1. The number of fused-ring (bicyclic) bond motifs is 1. The molecule has 0 unspecified atom stereocenters. The summed E-state index contributed by atoms with van der Waals surface area (Å²) in [4.78, 5) is 29.5. The third kappa shape index (κ3) is 4.51. The van der Waals surface area contributed by atoms with E-state index in [-0.39, 0.29) is 41.6 Å². The molecular weight excluding hydrogens is 391 g/mol. The molecule has 8 nitrogen and oxygen atoms in total. The number of hydrogen-bond donors (Lipinski definition) is 1. The SMILES string of the molecule is COCCNC(=O)C(C#N)=Cc1c(Oc2ccccc2F)nc2ccccn2c1=O. The summed E-state index contributed by atoms with van der Waals surface area (Å²) in [6.45, 7) is 0.439. The van der Waals surface area contributed by atoms with Crippen LogP contribution in [0.2, 0.25) is 0 Å². The first-order valence-corrected chi connectivity index (χ1v) is 8.88. The molecule has 1 amide bonds. The van der Waals surface area contributed by atoms with Crippen LogP contribution in [0.5, 0.6) is 11.6 Å². The van der Waals surface area contributed by atoms with Crippen LogP contribution in [-0.2, 0) is 9.53 Å². The molecule has 0 saturated heterocycles. The lowest BCUT2D eigenvalue weighted by molar-refractivity contribution is -0.117. The molecule has 0 saturated carbocycles. The Morgan fingerprint density at radius 2 is 2.07 bits per heavy atom. The van der Waals surface area contributed by atoms with Crippen LogP contribution in [0, 0.1) is 17.1 Å². The normalized spacial score (nSPS) is 11.2. The van der Waals surface area contributed by atoms with E-state index in [2.05, 4.69) is 10.3 Å². The molecule has 0 spiro atoms. The molecule has 30 heavy (non-hydrogen) atoms. The van der Waals surface area contributed by atoms with Crippen molar-refractivity contribution in [3.05, 3.63) is 76.0 Å². The van der Waals surface area contributed by atoms with Crippen molar-refractivity contribution in [2.24, 2.45) is 0 Å². The van der Waals surface area contributed by atoms with Gasteiger partial charge >= 0.3 is 0 Å². The van der Waals surface area contributed by atoms with Crippen LogP contribution in [0.1, 0.15) is 5.56 Å². The number of nitrogens with zero attached hydrogens (tertiary/aromatic N) is 3. The van der Waals surface area contributed by atoms with Crippen molar-refractivity contribution in [1.82, 2.24) is 14.7 Å². The van der Waals surface area contributed by atoms with Gasteiger partial charge in [0.05, 0.1) is 6.61 Å². The minimum absolute atomic E-state index is 0.151. The number of amides is 1. The summed E-state index contributed by atoms with van der Waals surface area (Å²) in [6.07, 6.45) is 2.56. The Morgan fingerprint density at radius 3 is 2.80 bits per heavy atom. The Labute approximate surface area is 170 Å². The van der Waals surface area contributed by atoms with E-state index in [0.29, 0.717) is 0 Å². The van der Waals surface area contributed by atoms with Gasteiger partial charge in [0.1, 0.15) is 22.9 Å². The summed E-state index contributed by atoms with van der Waals surface area (Å²) in [5, 5.41) is 11.9. The van der Waals surface area contributed by atoms with Gasteiger partial charge < -0.3 is 14.8 Å². The van der Waals surface area contributed by atoms with Crippen molar-refractivity contribution >= 4 is 17.6 Å². The third-order valence-corrected chi connectivity index (χ3v) is 4.02. The molecule has 152 valence electrons. The second kappa shape index (κ2) is 9.45. The molecule has 0 atom stereocenters. The Balaban J connectivity index is 2.12. The maximum absolute atomic E-state index is 14.1. The van der Waals surface area contributed by atoms with Crippen LogP contribution >= 0.6 is 0 Å². The van der Waals surface area contributed by atoms with E-state index < -0.39 is 17.3 Å². The summed E-state index contributed by atoms with van der Waals surface area (Å²) in [5.41, 5.74) is -0.821. The highest BCUT2D eigenvalue weighted by molar-refractivity contribution is 6.01. The fraction of sp³-hybridized carbons (Fsp3) is 0.143. The predicted octanol–water partition coefficient (Wildman–Crippen LogP) is 2.30. The highest BCUT2D eigenvalue weighted by Crippen LogP contribution is 2.26. The number of halogens is 1. The minimum Gasteiger partial charge on any atom is -0.435 e. The van der Waals surface area contributed by atoms with E-state index in [4.69, 9.17) is 9.47 Å². The fourth-order valence-corrected chi connectivity index (χ4v) is 2.57. The Hall–Kier alpha value is -4.03. The van der Waals surface area contributed by atoms with Crippen molar-refractivity contribution in [2.45, 2.75) is 0 Å². The smallest absolute Gasteiger partial charge is 0.269 e. The van der Waals surface area contributed by atoms with Gasteiger partial charge in [-0.2, -0.15) is 10.2 Å². The average Bonchev–Trinajstić information content (AvgIpc) is 2.75. The Bertz CT molecular complexity index is 1210. The number of para-hydroxylation sites is 1. The zero-order chi connectivity index (χ0) is 21.5. The molecule has 0 bridgehead atoms. The predicted molar refractivity (Wildman–Crippen MR) is 106 cm³/mol. The van der Waals surface area contributed by atoms with Gasteiger partial charge in [0.15, 0.2) is 11.6 Å². The number of rotatable bonds is 7. The minimum atomic E-state index is -0.691. The summed E-state index contributed by atoms with van der Waals surface area (Å²) < 4.78 is 25.7. The number of carbonyl (C=O) groups excluding carboxylic acids is 1. The highest BCUT2D eigenvalue weighted by Gasteiger charge is 2.18. The first-order valence-electron chi connectivity index (χ1n) is 8.88. The van der Waals surface area contributed by atoms with E-state index in [9.17, 15) is 19.2 Å². The Kier molecular flexibility index (Phi) is 6.52. The number of carbonyl (C=O) groups is 1. The van der Waals surface area contributed by atoms with E-state index in [0.717, 1.165) is 6.08 Å². The van der Waals surface area contributed by atoms with Crippen LogP contribution in [0.4, 0.5) is 4.39 Å². The third-order valence-electron chi connectivity index (χ3n) is 4.02. The van der Waals surface area contributed by atoms with Gasteiger partial charge in [0.25, 0.3) is 11.5 Å². The van der Waals surface area contributed by atoms with Gasteiger partial charge in [-0.15, -0.1) is 0 Å². The maximum atomic E-state index is 14.1. The summed E-state index contributed by atoms with van der Waals surface area (Å²) in [6, 6.07) is 12.3. The molecule has 0 radical (unpaired) electrons. The first kappa shape index (κ1) is 20.7. The first-order chi connectivity index (χ1) is 14.5. The fourth-order valence-electron chi connectivity index (χ4n) is 2.57. The van der Waals surface area contributed by atoms with Crippen LogP contribution in [0.25, 0.3) is 11.7 Å². The van der Waals surface area contributed by atoms with Gasteiger partial charge in [-0.05, 0) is 30.3 Å². The number of hydrogen-bond acceptors (Lipinski definition) is 6. The number of benzene rings is 1. The van der Waals surface area contributed by atoms with Crippen molar-refractivity contribution < 1.29 is 18.7 Å². The molecule has 0 aliphatic rings. The molecular formula is C21H17FN4O4. The van der Waals surface area contributed by atoms with E-state index in [1.807, 2.05) is 0 Å². The number of methoxy groups -OCH3 is 1. The molecule has 2 heterocycles. The second-order valence-electron chi connectivity index (χ2n) is 6.02. The van der Waals surface area contributed by atoms with Gasteiger partial charge in [0, 0.05) is 19.9 Å². The number of pyridine rings is 1. The molecule has 0 fully saturated rings. The summed E-state index contributed by atoms with van der Waals surface area (Å²) >= 11 is 0. The van der Waals surface area contributed by atoms with Crippen LogP contribution in [-0.4, -0.2) is 35.6 Å². The molecule has 3 aromatic rings. The average molecular weight is 408 g/mol. The quantitative estimate of drug-likeness (QED) is 0.365. The lowest BCUT2D eigenvalue weighted by Gasteiger charge is -2.11. The number of ether oxygens (including phenoxy) is 2. The van der Waals surface area contributed by atoms with Gasteiger partial charge in [-0.25, -0.2) is 4.39 Å². The standard InChI is InChI=1S/C21H17FN4O4/c1-29-11-9-24-19(27)14(13-23)12-15-20(30-17-7-3-2-6-16(17)22)25-18-8-4-5-10-26(18)21(15)28/h2-8,10,12H,9,11H2,1H3,(H,24,27). The summed E-state index contributed by atoms with van der Waals surface area (Å²) in [7, 11) is 1.47.